The van der Waals surface area contributed by atoms with Gasteiger partial charge in [-0.2, -0.15) is 34.8 Å². The highest BCUT2D eigenvalue weighted by atomic mass is 35.5. The van der Waals surface area contributed by atoms with Crippen LogP contribution in [0.5, 0.6) is 0 Å². The average molecular weight is 433 g/mol. The van der Waals surface area contributed by atoms with Crippen molar-refractivity contribution in [3.63, 3.8) is 0 Å². The van der Waals surface area contributed by atoms with Crippen molar-refractivity contribution in [2.24, 2.45) is 0 Å². The molecule has 148 valence electrons. The van der Waals surface area contributed by atoms with Crippen molar-refractivity contribution < 1.29 is 39.3 Å². The summed E-state index contributed by atoms with van der Waals surface area (Å²) in [4.78, 5) is -1.54. The van der Waals surface area contributed by atoms with Crippen LogP contribution < -0.4 is 0 Å². The van der Waals surface area contributed by atoms with E-state index in [-0.39, 0.29) is 6.07 Å². The van der Waals surface area contributed by atoms with E-state index in [2.05, 4.69) is 0 Å². The Hall–Kier alpha value is -1.78. The van der Waals surface area contributed by atoms with Gasteiger partial charge in [0.05, 0.1) is 4.90 Å². The van der Waals surface area contributed by atoms with Gasteiger partial charge in [-0.15, -0.1) is 0 Å². The molecule has 0 unspecified atom stereocenters. The van der Waals surface area contributed by atoms with E-state index in [1.807, 2.05) is 0 Å². The smallest absolute Gasteiger partial charge is 0.282 e. The lowest BCUT2D eigenvalue weighted by atomic mass is 9.72. The van der Waals surface area contributed by atoms with Crippen LogP contribution in [0.25, 0.3) is 0 Å². The number of rotatable bonds is 3. The molecule has 0 atom stereocenters. The van der Waals surface area contributed by atoms with Gasteiger partial charge in [-0.1, -0.05) is 41.4 Å². The molecule has 0 aliphatic rings. The predicted octanol–water partition coefficient (Wildman–Crippen LogP) is 5.31. The van der Waals surface area contributed by atoms with Crippen LogP contribution >= 0.6 is 11.6 Å². The number of benzene rings is 2. The van der Waals surface area contributed by atoms with Crippen LogP contribution in [-0.4, -0.2) is 25.3 Å². The highest BCUT2D eigenvalue weighted by Gasteiger charge is 2.73. The van der Waals surface area contributed by atoms with Gasteiger partial charge in [0, 0.05) is 10.6 Å². The zero-order valence-corrected chi connectivity index (χ0v) is 14.9. The van der Waals surface area contributed by atoms with Gasteiger partial charge in [-0.3, -0.25) is 4.55 Å². The number of aryl methyl sites for hydroxylation is 1. The van der Waals surface area contributed by atoms with Crippen LogP contribution in [0.4, 0.5) is 26.3 Å². The van der Waals surface area contributed by atoms with E-state index in [9.17, 15) is 39.3 Å². The van der Waals surface area contributed by atoms with Gasteiger partial charge in [0.1, 0.15) is 0 Å². The summed E-state index contributed by atoms with van der Waals surface area (Å²) in [5.41, 5.74) is -7.34. The van der Waals surface area contributed by atoms with E-state index < -0.39 is 48.9 Å². The molecule has 0 spiro atoms. The Morgan fingerprint density at radius 3 is 1.78 bits per heavy atom. The van der Waals surface area contributed by atoms with Crippen molar-refractivity contribution in [2.45, 2.75) is 29.6 Å². The van der Waals surface area contributed by atoms with Crippen LogP contribution in [0.2, 0.25) is 5.02 Å². The van der Waals surface area contributed by atoms with Crippen LogP contribution in [-0.2, 0) is 15.5 Å². The van der Waals surface area contributed by atoms with Gasteiger partial charge < -0.3 is 0 Å². The van der Waals surface area contributed by atoms with Crippen molar-refractivity contribution in [1.29, 1.82) is 0 Å². The van der Waals surface area contributed by atoms with Crippen LogP contribution in [0.1, 0.15) is 16.7 Å². The van der Waals surface area contributed by atoms with E-state index in [1.54, 1.807) is 0 Å². The topological polar surface area (TPSA) is 54.4 Å². The molecule has 0 saturated carbocycles. The van der Waals surface area contributed by atoms with Crippen molar-refractivity contribution in [3.05, 3.63) is 64.2 Å². The summed E-state index contributed by atoms with van der Waals surface area (Å²) in [5, 5.41) is -0.567. The molecular formula is C16H11ClF6O3S. The minimum absolute atomic E-state index is 0.242. The molecule has 2 aromatic rings. The fraction of sp³-hybridized carbons (Fsp3) is 0.250. The normalized spacial score (nSPS) is 13.7. The molecule has 2 aromatic carbocycles. The molecule has 0 bridgehead atoms. The Bertz CT molecular complexity index is 936. The molecule has 0 radical (unpaired) electrons. The summed E-state index contributed by atoms with van der Waals surface area (Å²) in [5.74, 6) is 0. The molecule has 0 amide bonds. The summed E-state index contributed by atoms with van der Waals surface area (Å²) in [6.45, 7) is 1.45. The Balaban J connectivity index is 3.13. The molecule has 1 N–H and O–H groups in total. The fourth-order valence-corrected chi connectivity index (χ4v) is 3.67. The second kappa shape index (κ2) is 6.68. The Kier molecular flexibility index (Phi) is 5.32. The minimum atomic E-state index is -6.01. The van der Waals surface area contributed by atoms with Crippen molar-refractivity contribution in [1.82, 2.24) is 0 Å². The lowest BCUT2D eigenvalue weighted by molar-refractivity contribution is -0.289. The molecule has 0 aliphatic heterocycles. The number of halogens is 7. The molecule has 0 aliphatic carbocycles. The van der Waals surface area contributed by atoms with Gasteiger partial charge in [0.2, 0.25) is 5.41 Å². The summed E-state index contributed by atoms with van der Waals surface area (Å²) >= 11 is 5.57. The highest BCUT2D eigenvalue weighted by Crippen LogP contribution is 2.57. The van der Waals surface area contributed by atoms with Crippen LogP contribution in [0, 0.1) is 6.92 Å². The molecule has 11 heteroatoms. The van der Waals surface area contributed by atoms with Gasteiger partial charge in [-0.25, -0.2) is 0 Å². The lowest BCUT2D eigenvalue weighted by Gasteiger charge is -2.39. The van der Waals surface area contributed by atoms with Crippen molar-refractivity contribution in [3.8, 4) is 0 Å². The van der Waals surface area contributed by atoms with Crippen molar-refractivity contribution in [2.75, 3.05) is 0 Å². The third-order valence-corrected chi connectivity index (χ3v) is 5.11. The first-order chi connectivity index (χ1) is 12.1. The van der Waals surface area contributed by atoms with Gasteiger partial charge in [-0.05, 0) is 30.7 Å². The molecule has 0 fully saturated rings. The lowest BCUT2D eigenvalue weighted by Crippen LogP contribution is -2.55. The van der Waals surface area contributed by atoms with Gasteiger partial charge in [0.15, 0.2) is 0 Å². The SMILES string of the molecule is Cc1ccc(C(c2cc(Cl)ccc2S(=O)(=O)O)(C(F)(F)F)C(F)(F)F)cc1. The first-order valence-corrected chi connectivity index (χ1v) is 8.92. The second-order valence-corrected chi connectivity index (χ2v) is 7.55. The maximum absolute atomic E-state index is 14.0. The van der Waals surface area contributed by atoms with Crippen molar-refractivity contribution >= 4 is 21.7 Å². The average Bonchev–Trinajstić information content (AvgIpc) is 2.45. The van der Waals surface area contributed by atoms with Gasteiger partial charge in [0.25, 0.3) is 10.1 Å². The standard InChI is InChI=1S/C16H11ClF6O3S/c1-9-2-4-10(5-3-9)14(15(18,19)20,16(21,22)23)12-8-11(17)6-7-13(12)27(24,25)26/h2-8H,1H3,(H,24,25,26). The molecule has 27 heavy (non-hydrogen) atoms. The summed E-state index contributed by atoms with van der Waals surface area (Å²) in [6.07, 6.45) is -12.0. The van der Waals surface area contributed by atoms with E-state index in [0.29, 0.717) is 23.8 Å². The summed E-state index contributed by atoms with van der Waals surface area (Å²) < 4.78 is 116. The summed E-state index contributed by atoms with van der Waals surface area (Å²) in [6, 6.07) is 4.66. The Morgan fingerprint density at radius 1 is 0.889 bits per heavy atom. The zero-order valence-electron chi connectivity index (χ0n) is 13.4. The largest absolute Gasteiger partial charge is 0.411 e. The maximum Gasteiger partial charge on any atom is 0.411 e. The Morgan fingerprint density at radius 2 is 1.37 bits per heavy atom. The third kappa shape index (κ3) is 3.65. The van der Waals surface area contributed by atoms with E-state index >= 15 is 0 Å². The zero-order chi connectivity index (χ0) is 20.8. The molecule has 2 rings (SSSR count). The number of hydrogen-bond acceptors (Lipinski definition) is 2. The van der Waals surface area contributed by atoms with Crippen LogP contribution in [0.15, 0.2) is 47.4 Å². The predicted molar refractivity (Wildman–Crippen MR) is 85.3 cm³/mol. The van der Waals surface area contributed by atoms with Gasteiger partial charge >= 0.3 is 12.4 Å². The second-order valence-electron chi connectivity index (χ2n) is 5.73. The molecular weight excluding hydrogens is 422 g/mol. The Labute approximate surface area is 155 Å². The van der Waals surface area contributed by atoms with E-state index in [0.717, 1.165) is 18.2 Å². The molecule has 0 aromatic heterocycles. The monoisotopic (exact) mass is 432 g/mol. The highest BCUT2D eigenvalue weighted by molar-refractivity contribution is 7.85. The van der Waals surface area contributed by atoms with E-state index in [4.69, 9.17) is 11.6 Å². The minimum Gasteiger partial charge on any atom is -0.282 e. The quantitative estimate of drug-likeness (QED) is 0.528. The fourth-order valence-electron chi connectivity index (χ4n) is 2.77. The molecule has 3 nitrogen and oxygen atoms in total. The molecule has 0 saturated heterocycles. The first kappa shape index (κ1) is 21.5. The van der Waals surface area contributed by atoms with Crippen LogP contribution in [0.3, 0.4) is 0 Å². The first-order valence-electron chi connectivity index (χ1n) is 7.10. The number of alkyl halides is 6. The van der Waals surface area contributed by atoms with E-state index in [1.165, 1.54) is 6.92 Å². The molecule has 0 heterocycles. The number of hydrogen-bond donors (Lipinski definition) is 1. The third-order valence-electron chi connectivity index (χ3n) is 3.96. The maximum atomic E-state index is 14.0. The summed E-state index contributed by atoms with van der Waals surface area (Å²) in [7, 11) is -5.43.